The summed E-state index contributed by atoms with van der Waals surface area (Å²) in [7, 11) is 0.432. The zero-order valence-corrected chi connectivity index (χ0v) is 17.6. The first-order chi connectivity index (χ1) is 13.8. The van der Waals surface area contributed by atoms with Crippen LogP contribution in [0.1, 0.15) is 28.8 Å². The maximum Gasteiger partial charge on any atom is 0.255 e. The van der Waals surface area contributed by atoms with Gasteiger partial charge in [0.05, 0.1) is 5.41 Å². The van der Waals surface area contributed by atoms with Gasteiger partial charge in [0.1, 0.15) is 0 Å². The molecule has 154 valence electrons. The van der Waals surface area contributed by atoms with Gasteiger partial charge >= 0.3 is 0 Å². The minimum Gasteiger partial charge on any atom is -0.337 e. The number of likely N-dealkylation sites (tertiary alicyclic amines) is 1. The van der Waals surface area contributed by atoms with E-state index in [1.54, 1.807) is 24.3 Å². The van der Waals surface area contributed by atoms with Gasteiger partial charge in [0, 0.05) is 30.4 Å². The SMILES string of the molecule is CN(C)C1CCCN(C(=O)c2ccc(NS(=O)(=O)/C=C/c3ccccc3)cc2)C1. The second-order valence-corrected chi connectivity index (χ2v) is 9.01. The summed E-state index contributed by atoms with van der Waals surface area (Å²) >= 11 is 0. The summed E-state index contributed by atoms with van der Waals surface area (Å²) in [6, 6.07) is 16.2. The lowest BCUT2D eigenvalue weighted by molar-refractivity contribution is 0.0635. The van der Waals surface area contributed by atoms with Gasteiger partial charge in [-0.1, -0.05) is 30.3 Å². The van der Waals surface area contributed by atoms with Crippen molar-refractivity contribution in [3.05, 3.63) is 71.1 Å². The van der Waals surface area contributed by atoms with E-state index in [4.69, 9.17) is 0 Å². The number of sulfonamides is 1. The predicted molar refractivity (Wildman–Crippen MR) is 117 cm³/mol. The highest BCUT2D eigenvalue weighted by Crippen LogP contribution is 2.18. The molecule has 0 aromatic heterocycles. The highest BCUT2D eigenvalue weighted by atomic mass is 32.2. The van der Waals surface area contributed by atoms with Crippen molar-refractivity contribution in [3.63, 3.8) is 0 Å². The van der Waals surface area contributed by atoms with E-state index >= 15 is 0 Å². The van der Waals surface area contributed by atoms with Gasteiger partial charge < -0.3 is 9.80 Å². The molecule has 2 aromatic rings. The Morgan fingerprint density at radius 2 is 1.79 bits per heavy atom. The minimum atomic E-state index is -3.63. The molecule has 1 fully saturated rings. The van der Waals surface area contributed by atoms with Gasteiger partial charge in [0.15, 0.2) is 0 Å². The molecule has 7 heteroatoms. The molecule has 1 atom stereocenters. The number of carbonyl (C=O) groups excluding carboxylic acids is 1. The topological polar surface area (TPSA) is 69.7 Å². The number of hydrogen-bond acceptors (Lipinski definition) is 4. The van der Waals surface area contributed by atoms with Crippen LogP contribution in [0.25, 0.3) is 6.08 Å². The number of anilines is 1. The Balaban J connectivity index is 1.63. The molecule has 0 saturated carbocycles. The number of hydrogen-bond donors (Lipinski definition) is 1. The molecular formula is C22H27N3O3S. The molecule has 1 saturated heterocycles. The van der Waals surface area contributed by atoms with Crippen LogP contribution in [0.15, 0.2) is 60.0 Å². The van der Waals surface area contributed by atoms with Crippen LogP contribution >= 0.6 is 0 Å². The normalized spacial score (nSPS) is 17.6. The third-order valence-corrected chi connectivity index (χ3v) is 6.06. The second-order valence-electron chi connectivity index (χ2n) is 7.45. The molecule has 0 aliphatic carbocycles. The number of piperidine rings is 1. The fourth-order valence-corrected chi connectivity index (χ4v) is 4.22. The van der Waals surface area contributed by atoms with Crippen LogP contribution in [-0.4, -0.2) is 57.4 Å². The van der Waals surface area contributed by atoms with Crippen LogP contribution in [0, 0.1) is 0 Å². The van der Waals surface area contributed by atoms with E-state index in [0.29, 0.717) is 23.8 Å². The molecule has 29 heavy (non-hydrogen) atoms. The van der Waals surface area contributed by atoms with E-state index in [9.17, 15) is 13.2 Å². The summed E-state index contributed by atoms with van der Waals surface area (Å²) in [5.74, 6) is -0.0186. The second kappa shape index (κ2) is 9.24. The molecule has 0 bridgehead atoms. The summed E-state index contributed by atoms with van der Waals surface area (Å²) in [5.41, 5.74) is 1.78. The molecule has 1 aliphatic rings. The van der Waals surface area contributed by atoms with Crippen LogP contribution in [0.5, 0.6) is 0 Å². The molecule has 6 nitrogen and oxygen atoms in total. The van der Waals surface area contributed by atoms with Crippen LogP contribution in [0.3, 0.4) is 0 Å². The van der Waals surface area contributed by atoms with Gasteiger partial charge in [0.2, 0.25) is 0 Å². The van der Waals surface area contributed by atoms with Gasteiger partial charge in [-0.05, 0) is 62.8 Å². The maximum absolute atomic E-state index is 12.8. The summed E-state index contributed by atoms with van der Waals surface area (Å²) in [6.07, 6.45) is 3.62. The van der Waals surface area contributed by atoms with Crippen molar-refractivity contribution in [1.82, 2.24) is 9.80 Å². The number of likely N-dealkylation sites (N-methyl/N-ethyl adjacent to an activating group) is 1. The lowest BCUT2D eigenvalue weighted by Gasteiger charge is -2.36. The van der Waals surface area contributed by atoms with E-state index in [0.717, 1.165) is 30.4 Å². The summed E-state index contributed by atoms with van der Waals surface area (Å²) < 4.78 is 27.0. The Morgan fingerprint density at radius 1 is 1.10 bits per heavy atom. The highest BCUT2D eigenvalue weighted by Gasteiger charge is 2.25. The Bertz CT molecular complexity index is 955. The molecule has 1 aliphatic heterocycles. The molecular weight excluding hydrogens is 386 g/mol. The van der Waals surface area contributed by atoms with Crippen molar-refractivity contribution < 1.29 is 13.2 Å². The molecule has 3 rings (SSSR count). The monoisotopic (exact) mass is 413 g/mol. The van der Waals surface area contributed by atoms with Crippen molar-refractivity contribution in [2.24, 2.45) is 0 Å². The zero-order chi connectivity index (χ0) is 20.9. The molecule has 0 radical (unpaired) electrons. The molecule has 2 aromatic carbocycles. The Kier molecular flexibility index (Phi) is 6.71. The van der Waals surface area contributed by atoms with Crippen LogP contribution in [0.2, 0.25) is 0 Å². The minimum absolute atomic E-state index is 0.0186. The van der Waals surface area contributed by atoms with Gasteiger partial charge in [-0.3, -0.25) is 9.52 Å². The van der Waals surface area contributed by atoms with E-state index in [2.05, 4.69) is 9.62 Å². The fraction of sp³-hybridized carbons (Fsp3) is 0.318. The average Bonchev–Trinajstić information content (AvgIpc) is 2.73. The quantitative estimate of drug-likeness (QED) is 0.789. The molecule has 1 amide bonds. The van der Waals surface area contributed by atoms with E-state index in [1.165, 1.54) is 6.08 Å². The highest BCUT2D eigenvalue weighted by molar-refractivity contribution is 7.95. The number of carbonyl (C=O) groups is 1. The van der Waals surface area contributed by atoms with E-state index in [1.807, 2.05) is 49.3 Å². The molecule has 1 N–H and O–H groups in total. The number of nitrogens with one attached hydrogen (secondary N) is 1. The predicted octanol–water partition coefficient (Wildman–Crippen LogP) is 3.27. The number of nitrogens with zero attached hydrogens (tertiary/aromatic N) is 2. The van der Waals surface area contributed by atoms with Crippen LogP contribution < -0.4 is 4.72 Å². The van der Waals surface area contributed by atoms with Crippen molar-refractivity contribution in [2.45, 2.75) is 18.9 Å². The standard InChI is InChI=1S/C22H27N3O3S/c1-24(2)21-9-6-15-25(17-21)22(26)19-10-12-20(13-11-19)23-29(27,28)16-14-18-7-4-3-5-8-18/h3-5,7-8,10-14,16,21,23H,6,9,15,17H2,1-2H3/b16-14+. The number of amides is 1. The zero-order valence-electron chi connectivity index (χ0n) is 16.8. The third kappa shape index (κ3) is 5.92. The Hall–Kier alpha value is -2.64. The number of rotatable bonds is 6. The summed E-state index contributed by atoms with van der Waals surface area (Å²) in [6.45, 7) is 1.46. The van der Waals surface area contributed by atoms with Gasteiger partial charge in [-0.25, -0.2) is 8.42 Å². The Labute approximate surface area is 172 Å². The van der Waals surface area contributed by atoms with Crippen LogP contribution in [0.4, 0.5) is 5.69 Å². The first-order valence-electron chi connectivity index (χ1n) is 9.66. The molecule has 1 heterocycles. The maximum atomic E-state index is 12.8. The van der Waals surface area contributed by atoms with Crippen molar-refractivity contribution in [3.8, 4) is 0 Å². The largest absolute Gasteiger partial charge is 0.337 e. The first kappa shape index (κ1) is 21.1. The van der Waals surface area contributed by atoms with Crippen molar-refractivity contribution >= 4 is 27.7 Å². The van der Waals surface area contributed by atoms with Crippen molar-refractivity contribution in [2.75, 3.05) is 31.9 Å². The third-order valence-electron chi connectivity index (χ3n) is 5.05. The van der Waals surface area contributed by atoms with Gasteiger partial charge in [-0.15, -0.1) is 0 Å². The lowest BCUT2D eigenvalue weighted by Crippen LogP contribution is -2.47. The molecule has 1 unspecified atom stereocenters. The van der Waals surface area contributed by atoms with Gasteiger partial charge in [-0.2, -0.15) is 0 Å². The smallest absolute Gasteiger partial charge is 0.255 e. The first-order valence-corrected chi connectivity index (χ1v) is 11.2. The van der Waals surface area contributed by atoms with E-state index in [-0.39, 0.29) is 5.91 Å². The Morgan fingerprint density at radius 3 is 2.45 bits per heavy atom. The van der Waals surface area contributed by atoms with Crippen molar-refractivity contribution in [1.29, 1.82) is 0 Å². The summed E-state index contributed by atoms with van der Waals surface area (Å²) in [4.78, 5) is 16.8. The van der Waals surface area contributed by atoms with Crippen LogP contribution in [-0.2, 0) is 10.0 Å². The fourth-order valence-electron chi connectivity index (χ4n) is 3.35. The lowest BCUT2D eigenvalue weighted by atomic mass is 10.0. The summed E-state index contributed by atoms with van der Waals surface area (Å²) in [5, 5.41) is 1.14. The van der Waals surface area contributed by atoms with E-state index < -0.39 is 10.0 Å². The number of benzene rings is 2. The van der Waals surface area contributed by atoms with Gasteiger partial charge in [0.25, 0.3) is 15.9 Å². The average molecular weight is 414 g/mol. The molecule has 0 spiro atoms.